The van der Waals surface area contributed by atoms with Crippen molar-refractivity contribution in [1.82, 2.24) is 0 Å². The molecule has 0 aromatic carbocycles. The van der Waals surface area contributed by atoms with Crippen LogP contribution < -0.4 is 0 Å². The van der Waals surface area contributed by atoms with Crippen LogP contribution in [0, 0.1) is 0 Å². The number of carbonyl (C=O) groups excluding carboxylic acids is 3. The summed E-state index contributed by atoms with van der Waals surface area (Å²) in [5.74, 6) is -0.850. The summed E-state index contributed by atoms with van der Waals surface area (Å²) in [5, 5.41) is 0. The van der Waals surface area contributed by atoms with Crippen molar-refractivity contribution in [2.24, 2.45) is 0 Å². The molecule has 0 saturated carbocycles. The van der Waals surface area contributed by atoms with Crippen molar-refractivity contribution in [3.05, 3.63) is 48.6 Å². The summed E-state index contributed by atoms with van der Waals surface area (Å²) in [6, 6.07) is 0. The first-order valence-corrected chi connectivity index (χ1v) is 34.1. The fourth-order valence-electron chi connectivity index (χ4n) is 10.2. The van der Waals surface area contributed by atoms with Gasteiger partial charge in [-0.3, -0.25) is 14.4 Å². The Hall–Kier alpha value is -2.63. The third-order valence-corrected chi connectivity index (χ3v) is 15.3. The fraction of sp³-hybridized carbons (Fsp3) is 0.845. The zero-order chi connectivity index (χ0) is 55.7. The van der Waals surface area contributed by atoms with Gasteiger partial charge >= 0.3 is 17.9 Å². The maximum absolute atomic E-state index is 12.9. The van der Waals surface area contributed by atoms with Gasteiger partial charge in [0.2, 0.25) is 0 Å². The number of carbonyl (C=O) groups is 3. The van der Waals surface area contributed by atoms with Crippen molar-refractivity contribution < 1.29 is 28.6 Å². The third-order valence-electron chi connectivity index (χ3n) is 15.3. The minimum Gasteiger partial charge on any atom is -0.462 e. The molecule has 0 N–H and O–H groups in total. The fourth-order valence-corrected chi connectivity index (χ4v) is 10.2. The molecule has 0 rings (SSSR count). The molecular weight excluding hydrogens is 949 g/mol. The van der Waals surface area contributed by atoms with Gasteiger partial charge in [0.05, 0.1) is 0 Å². The Balaban J connectivity index is 4.29. The quantitative estimate of drug-likeness (QED) is 0.0261. The zero-order valence-electron chi connectivity index (χ0n) is 51.7. The number of esters is 3. The van der Waals surface area contributed by atoms with E-state index >= 15 is 0 Å². The normalized spacial score (nSPS) is 12.3. The summed E-state index contributed by atoms with van der Waals surface area (Å²) in [4.78, 5) is 38.4. The molecule has 0 bridgehead atoms. The highest BCUT2D eigenvalue weighted by Gasteiger charge is 2.19. The van der Waals surface area contributed by atoms with Crippen LogP contribution in [0.1, 0.15) is 367 Å². The van der Waals surface area contributed by atoms with E-state index in [0.717, 1.165) is 70.6 Å². The lowest BCUT2D eigenvalue weighted by atomic mass is 10.0. The summed E-state index contributed by atoms with van der Waals surface area (Å²) in [6.07, 6.45) is 82.6. The topological polar surface area (TPSA) is 78.9 Å². The Bertz CT molecular complexity index is 1330. The molecule has 0 aliphatic heterocycles. The average molecular weight is 1080 g/mol. The van der Waals surface area contributed by atoms with E-state index in [1.165, 1.54) is 257 Å². The lowest BCUT2D eigenvalue weighted by Crippen LogP contribution is -2.30. The molecule has 0 radical (unpaired) electrons. The molecule has 0 amide bonds. The van der Waals surface area contributed by atoms with Gasteiger partial charge in [-0.1, -0.05) is 313 Å². The summed E-state index contributed by atoms with van der Waals surface area (Å²) in [7, 11) is 0. The molecule has 0 saturated heterocycles. The summed E-state index contributed by atoms with van der Waals surface area (Å²) < 4.78 is 17.0. The molecule has 1 unspecified atom stereocenters. The number of rotatable bonds is 63. The Kier molecular flexibility index (Phi) is 63.6. The maximum atomic E-state index is 12.9. The molecule has 0 heterocycles. The van der Waals surface area contributed by atoms with E-state index in [4.69, 9.17) is 14.2 Å². The van der Waals surface area contributed by atoms with E-state index in [1.54, 1.807) is 0 Å². The van der Waals surface area contributed by atoms with Crippen LogP contribution in [0.3, 0.4) is 0 Å². The van der Waals surface area contributed by atoms with Crippen molar-refractivity contribution in [3.63, 3.8) is 0 Å². The van der Waals surface area contributed by atoms with Crippen molar-refractivity contribution in [2.45, 2.75) is 374 Å². The maximum Gasteiger partial charge on any atom is 0.306 e. The number of allylic oxidation sites excluding steroid dienone is 8. The van der Waals surface area contributed by atoms with E-state index in [0.29, 0.717) is 19.3 Å². The predicted octanol–water partition coefficient (Wildman–Crippen LogP) is 23.3. The number of hydrogen-bond acceptors (Lipinski definition) is 6. The number of hydrogen-bond donors (Lipinski definition) is 0. The summed E-state index contributed by atoms with van der Waals surface area (Å²) in [5.41, 5.74) is 0. The molecule has 0 aromatic heterocycles. The monoisotopic (exact) mass is 1080 g/mol. The van der Waals surface area contributed by atoms with Crippen LogP contribution in [0.2, 0.25) is 0 Å². The molecular formula is C71H130O6. The van der Waals surface area contributed by atoms with Crippen LogP contribution in [-0.2, 0) is 28.6 Å². The van der Waals surface area contributed by atoms with Gasteiger partial charge in [-0.25, -0.2) is 0 Å². The van der Waals surface area contributed by atoms with E-state index in [1.807, 2.05) is 0 Å². The van der Waals surface area contributed by atoms with Gasteiger partial charge in [-0.15, -0.1) is 0 Å². The molecule has 0 aromatic rings. The number of ether oxygens (including phenoxy) is 3. The van der Waals surface area contributed by atoms with Gasteiger partial charge in [0.25, 0.3) is 0 Å². The summed E-state index contributed by atoms with van der Waals surface area (Å²) in [6.45, 7) is 6.66. The SMILES string of the molecule is CCCCC/C=C\C/C=C\CCCCCCCCCCCC(=O)OC(COC(=O)CCCCCCCCCCCCCCC/C=C\C/C=C\CCCCCCC)COC(=O)CCCCCCCCCCCCCCCCC. The zero-order valence-corrected chi connectivity index (χ0v) is 51.7. The Morgan fingerprint density at radius 3 is 0.740 bits per heavy atom. The third kappa shape index (κ3) is 64.1. The highest BCUT2D eigenvalue weighted by Crippen LogP contribution is 2.18. The standard InChI is InChI=1S/C71H130O6/c1-4-7-10-13-16-19-22-25-28-30-32-33-34-35-36-37-39-40-43-46-49-52-55-58-61-64-70(73)76-67-68(66-75-69(72)63-60-57-54-51-48-45-42-27-24-21-18-15-12-9-6-3)77-71(74)65-62-59-56-53-50-47-44-41-38-31-29-26-23-20-17-14-11-8-5-2/h17,20,22,25-26,29-30,32,68H,4-16,18-19,21,23-24,27-28,31,33-67H2,1-3H3/b20-17-,25-22-,29-26-,32-30-. The van der Waals surface area contributed by atoms with Gasteiger partial charge in [0, 0.05) is 19.3 Å². The van der Waals surface area contributed by atoms with Crippen LogP contribution >= 0.6 is 0 Å². The molecule has 0 aliphatic rings. The van der Waals surface area contributed by atoms with Crippen LogP contribution in [0.25, 0.3) is 0 Å². The lowest BCUT2D eigenvalue weighted by molar-refractivity contribution is -0.167. The molecule has 0 aliphatic carbocycles. The highest BCUT2D eigenvalue weighted by atomic mass is 16.6. The Labute approximate surface area is 479 Å². The first-order valence-electron chi connectivity index (χ1n) is 34.1. The van der Waals surface area contributed by atoms with Gasteiger partial charge in [0.1, 0.15) is 13.2 Å². The lowest BCUT2D eigenvalue weighted by Gasteiger charge is -2.18. The first-order chi connectivity index (χ1) is 38.0. The summed E-state index contributed by atoms with van der Waals surface area (Å²) >= 11 is 0. The van der Waals surface area contributed by atoms with Gasteiger partial charge < -0.3 is 14.2 Å². The Morgan fingerprint density at radius 2 is 0.468 bits per heavy atom. The van der Waals surface area contributed by atoms with Crippen LogP contribution in [-0.4, -0.2) is 37.2 Å². The molecule has 77 heavy (non-hydrogen) atoms. The molecule has 6 nitrogen and oxygen atoms in total. The first kappa shape index (κ1) is 74.4. The van der Waals surface area contributed by atoms with Gasteiger partial charge in [0.15, 0.2) is 6.10 Å². The largest absolute Gasteiger partial charge is 0.462 e. The highest BCUT2D eigenvalue weighted by molar-refractivity contribution is 5.71. The minimum atomic E-state index is -0.774. The molecule has 0 spiro atoms. The van der Waals surface area contributed by atoms with Crippen LogP contribution in [0.4, 0.5) is 0 Å². The minimum absolute atomic E-state index is 0.0704. The van der Waals surface area contributed by atoms with Crippen molar-refractivity contribution in [3.8, 4) is 0 Å². The second-order valence-electron chi connectivity index (χ2n) is 23.1. The number of unbranched alkanes of at least 4 members (excludes halogenated alkanes) is 44. The molecule has 0 fully saturated rings. The Morgan fingerprint density at radius 1 is 0.260 bits per heavy atom. The second-order valence-corrected chi connectivity index (χ2v) is 23.1. The smallest absolute Gasteiger partial charge is 0.306 e. The van der Waals surface area contributed by atoms with Crippen molar-refractivity contribution in [1.29, 1.82) is 0 Å². The van der Waals surface area contributed by atoms with E-state index < -0.39 is 6.10 Å². The molecule has 1 atom stereocenters. The van der Waals surface area contributed by atoms with Crippen LogP contribution in [0.15, 0.2) is 48.6 Å². The second kappa shape index (κ2) is 65.9. The van der Waals surface area contributed by atoms with Gasteiger partial charge in [-0.05, 0) is 83.5 Å². The average Bonchev–Trinajstić information content (AvgIpc) is 3.43. The van der Waals surface area contributed by atoms with E-state index in [-0.39, 0.29) is 31.1 Å². The van der Waals surface area contributed by atoms with Crippen molar-refractivity contribution >= 4 is 17.9 Å². The van der Waals surface area contributed by atoms with E-state index in [9.17, 15) is 14.4 Å². The predicted molar refractivity (Wildman–Crippen MR) is 335 cm³/mol. The molecule has 450 valence electrons. The van der Waals surface area contributed by atoms with Crippen molar-refractivity contribution in [2.75, 3.05) is 13.2 Å². The molecule has 6 heteroatoms. The van der Waals surface area contributed by atoms with E-state index in [2.05, 4.69) is 69.4 Å². The van der Waals surface area contributed by atoms with Crippen LogP contribution in [0.5, 0.6) is 0 Å². The van der Waals surface area contributed by atoms with Gasteiger partial charge in [-0.2, -0.15) is 0 Å².